The summed E-state index contributed by atoms with van der Waals surface area (Å²) in [5, 5.41) is 11.0. The third-order valence-corrected chi connectivity index (χ3v) is 10.1. The van der Waals surface area contributed by atoms with Gasteiger partial charge in [-0.15, -0.1) is 19.8 Å². The summed E-state index contributed by atoms with van der Waals surface area (Å²) in [7, 11) is 6.01. The Morgan fingerprint density at radius 2 is 2.02 bits per heavy atom. The fraction of sp³-hybridized carbons (Fsp3) is 0.469. The first-order valence-electron chi connectivity index (χ1n) is 14.3. The molecule has 7 nitrogen and oxygen atoms in total. The molecule has 2 aromatic rings. The normalized spacial score (nSPS) is 29.7. The predicted octanol–water partition coefficient (Wildman–Crippen LogP) is 4.74. The maximum Gasteiger partial charge on any atom is 0.573 e. The van der Waals surface area contributed by atoms with Crippen molar-refractivity contribution in [2.24, 2.45) is 0 Å². The summed E-state index contributed by atoms with van der Waals surface area (Å²) in [6, 6.07) is 9.17. The van der Waals surface area contributed by atoms with Crippen molar-refractivity contribution >= 4 is 12.0 Å². The number of nitrogens with zero attached hydrogens (tertiary/aromatic N) is 3. The highest BCUT2D eigenvalue weighted by Gasteiger charge is 2.74. The number of carbonyl (C=O) groups is 1. The summed E-state index contributed by atoms with van der Waals surface area (Å²) in [4.78, 5) is 20.1. The first kappa shape index (κ1) is 28.6. The zero-order valence-corrected chi connectivity index (χ0v) is 24.0. The van der Waals surface area contributed by atoms with Crippen LogP contribution in [0.1, 0.15) is 36.0 Å². The SMILES string of the molecule is C=CCN1CC[C@]23c4c5ccc(O)c4O[C@H]2[C@H](N(C)C(=O)C=Cc2cccc(OC(F)(F)F)c2)CC[C@@]3(N(C)C)[C@H]1C5. The van der Waals surface area contributed by atoms with Crippen molar-refractivity contribution in [3.63, 3.8) is 0 Å². The molecule has 2 fully saturated rings. The number of ether oxygens (including phenoxy) is 2. The van der Waals surface area contributed by atoms with Crippen molar-refractivity contribution in [3.8, 4) is 17.2 Å². The molecular formula is C32H36F3N3O4. The van der Waals surface area contributed by atoms with Crippen LogP contribution in [0.15, 0.2) is 55.1 Å². The van der Waals surface area contributed by atoms with Crippen molar-refractivity contribution in [3.05, 3.63) is 71.8 Å². The summed E-state index contributed by atoms with van der Waals surface area (Å²) >= 11 is 0. The van der Waals surface area contributed by atoms with Gasteiger partial charge in [0.05, 0.1) is 11.5 Å². The van der Waals surface area contributed by atoms with Gasteiger partial charge in [-0.1, -0.05) is 24.3 Å². The van der Waals surface area contributed by atoms with Crippen LogP contribution < -0.4 is 9.47 Å². The van der Waals surface area contributed by atoms with Crippen LogP contribution in [-0.4, -0.2) is 90.0 Å². The van der Waals surface area contributed by atoms with E-state index in [0.717, 1.165) is 37.9 Å². The summed E-state index contributed by atoms with van der Waals surface area (Å²) in [5.74, 6) is 0.0189. The van der Waals surface area contributed by atoms with Crippen molar-refractivity contribution in [2.75, 3.05) is 34.2 Å². The van der Waals surface area contributed by atoms with E-state index < -0.39 is 11.8 Å². The molecule has 6 rings (SSSR count). The number of carbonyl (C=O) groups excluding carboxylic acids is 1. The molecule has 1 spiro atoms. The largest absolute Gasteiger partial charge is 0.573 e. The van der Waals surface area contributed by atoms with Crippen LogP contribution in [0.3, 0.4) is 0 Å². The second-order valence-corrected chi connectivity index (χ2v) is 12.0. The van der Waals surface area contributed by atoms with Gasteiger partial charge in [-0.2, -0.15) is 0 Å². The van der Waals surface area contributed by atoms with Gasteiger partial charge in [0.25, 0.3) is 0 Å². The molecule has 1 saturated heterocycles. The molecule has 5 atom stereocenters. The van der Waals surface area contributed by atoms with Crippen molar-refractivity contribution < 1.29 is 32.5 Å². The topological polar surface area (TPSA) is 65.5 Å². The Bertz CT molecular complexity index is 1440. The van der Waals surface area contributed by atoms with Gasteiger partial charge in [0.1, 0.15) is 11.9 Å². The van der Waals surface area contributed by atoms with E-state index in [-0.39, 0.29) is 41.1 Å². The molecule has 0 unspecified atom stereocenters. The third-order valence-electron chi connectivity index (χ3n) is 10.1. The van der Waals surface area contributed by atoms with Crippen molar-refractivity contribution in [2.45, 2.75) is 61.2 Å². The molecule has 2 aromatic carbocycles. The Balaban J connectivity index is 1.35. The van der Waals surface area contributed by atoms with E-state index in [2.05, 4.69) is 35.2 Å². The molecule has 2 aliphatic carbocycles. The van der Waals surface area contributed by atoms with Gasteiger partial charge in [0.2, 0.25) is 5.91 Å². The van der Waals surface area contributed by atoms with Crippen LogP contribution >= 0.6 is 0 Å². The van der Waals surface area contributed by atoms with Gasteiger partial charge >= 0.3 is 6.36 Å². The average molecular weight is 584 g/mol. The number of hydrogen-bond donors (Lipinski definition) is 1. The highest BCUT2D eigenvalue weighted by molar-refractivity contribution is 5.92. The smallest absolute Gasteiger partial charge is 0.504 e. The Morgan fingerprint density at radius 1 is 1.24 bits per heavy atom. The number of piperidine rings is 1. The minimum atomic E-state index is -4.80. The minimum absolute atomic E-state index is 0.116. The fourth-order valence-electron chi connectivity index (χ4n) is 8.57. The molecule has 10 heteroatoms. The Hall–Kier alpha value is -3.50. The standard InChI is InChI=1S/C32H36F3N3O4/c1-5-16-38-17-15-30-27-21-10-11-24(39)28(27)41-29(30)23(13-14-31(30,36(2)3)25(38)19-21)37(4)26(40)12-9-20-7-6-8-22(18-20)42-32(33,34)35/h5-12,18,23,25,29,39H,1,13-17,19H2,2-4H3/t23-,25-,29+,30+,31-/m1/s1. The number of phenols is 1. The molecule has 2 bridgehead atoms. The number of phenolic OH excluding ortho intramolecular Hbond substituents is 1. The lowest BCUT2D eigenvalue weighted by molar-refractivity contribution is -0.274. The Kier molecular flexibility index (Phi) is 6.85. The van der Waals surface area contributed by atoms with Crippen LogP contribution in [0.4, 0.5) is 13.2 Å². The maximum absolute atomic E-state index is 13.5. The Morgan fingerprint density at radius 3 is 2.74 bits per heavy atom. The number of likely N-dealkylation sites (tertiary alicyclic amines) is 1. The molecule has 1 saturated carbocycles. The number of halogens is 3. The summed E-state index contributed by atoms with van der Waals surface area (Å²) < 4.78 is 48.8. The van der Waals surface area contributed by atoms with Gasteiger partial charge in [-0.25, -0.2) is 0 Å². The molecule has 224 valence electrons. The van der Waals surface area contributed by atoms with Crippen LogP contribution in [0.25, 0.3) is 6.08 Å². The lowest BCUT2D eigenvalue weighted by Gasteiger charge is -2.69. The number of likely N-dealkylation sites (N-methyl/N-ethyl adjacent to an activating group) is 2. The minimum Gasteiger partial charge on any atom is -0.504 e. The highest BCUT2D eigenvalue weighted by atomic mass is 19.4. The summed E-state index contributed by atoms with van der Waals surface area (Å²) in [5.41, 5.74) is 1.96. The van der Waals surface area contributed by atoms with E-state index in [1.54, 1.807) is 24.1 Å². The lowest BCUT2D eigenvalue weighted by atomic mass is 9.46. The summed E-state index contributed by atoms with van der Waals surface area (Å²) in [6.07, 6.45) is 2.81. The van der Waals surface area contributed by atoms with E-state index in [0.29, 0.717) is 17.7 Å². The first-order valence-corrected chi connectivity index (χ1v) is 14.3. The molecule has 1 N–H and O–H groups in total. The third kappa shape index (κ3) is 4.13. The van der Waals surface area contributed by atoms with Crippen LogP contribution in [0.2, 0.25) is 0 Å². The second kappa shape index (κ2) is 10.1. The molecule has 42 heavy (non-hydrogen) atoms. The van der Waals surface area contributed by atoms with Gasteiger partial charge in [0.15, 0.2) is 11.5 Å². The molecule has 0 aromatic heterocycles. The van der Waals surface area contributed by atoms with Gasteiger partial charge in [0, 0.05) is 36.8 Å². The Labute approximate surface area is 243 Å². The highest BCUT2D eigenvalue weighted by Crippen LogP contribution is 2.67. The predicted molar refractivity (Wildman–Crippen MR) is 152 cm³/mol. The molecular weight excluding hydrogens is 547 g/mol. The number of alkyl halides is 3. The monoisotopic (exact) mass is 583 g/mol. The molecule has 2 heterocycles. The van der Waals surface area contributed by atoms with E-state index in [4.69, 9.17) is 4.74 Å². The zero-order valence-electron chi connectivity index (χ0n) is 24.0. The van der Waals surface area contributed by atoms with Gasteiger partial charge < -0.3 is 24.4 Å². The van der Waals surface area contributed by atoms with Crippen LogP contribution in [0, 0.1) is 0 Å². The quantitative estimate of drug-likeness (QED) is 0.375. The van der Waals surface area contributed by atoms with Crippen LogP contribution in [-0.2, 0) is 16.6 Å². The summed E-state index contributed by atoms with van der Waals surface area (Å²) in [6.45, 7) is 5.64. The van der Waals surface area contributed by atoms with E-state index in [1.165, 1.54) is 35.9 Å². The van der Waals surface area contributed by atoms with Crippen molar-refractivity contribution in [1.82, 2.24) is 14.7 Å². The van der Waals surface area contributed by atoms with Gasteiger partial charge in [-0.05, 0) is 81.7 Å². The van der Waals surface area contributed by atoms with Crippen molar-refractivity contribution in [1.29, 1.82) is 0 Å². The van der Waals surface area contributed by atoms with E-state index in [9.17, 15) is 23.1 Å². The van der Waals surface area contributed by atoms with E-state index >= 15 is 0 Å². The number of hydrogen-bond acceptors (Lipinski definition) is 6. The van der Waals surface area contributed by atoms with Crippen LogP contribution in [0.5, 0.6) is 17.2 Å². The molecule has 4 aliphatic rings. The number of aromatic hydroxyl groups is 1. The number of rotatable bonds is 7. The number of amides is 1. The maximum atomic E-state index is 13.5. The fourth-order valence-corrected chi connectivity index (χ4v) is 8.57. The van der Waals surface area contributed by atoms with Gasteiger partial charge in [-0.3, -0.25) is 9.69 Å². The first-order chi connectivity index (χ1) is 19.9. The molecule has 1 amide bonds. The second-order valence-electron chi connectivity index (χ2n) is 12.0. The lowest BCUT2D eigenvalue weighted by Crippen LogP contribution is -2.82. The average Bonchev–Trinajstić information content (AvgIpc) is 3.28. The molecule has 2 aliphatic heterocycles. The molecule has 0 radical (unpaired) electrons. The van der Waals surface area contributed by atoms with E-state index in [1.807, 2.05) is 12.1 Å². The zero-order chi connectivity index (χ0) is 30.0. The number of benzene rings is 2.